The summed E-state index contributed by atoms with van der Waals surface area (Å²) in [6, 6.07) is 7.00. The van der Waals surface area contributed by atoms with Gasteiger partial charge >= 0.3 is 18.4 Å². The first-order valence-corrected chi connectivity index (χ1v) is 11.1. The average Bonchev–Trinajstić information content (AvgIpc) is 3.17. The van der Waals surface area contributed by atoms with Gasteiger partial charge < -0.3 is 15.0 Å². The number of alkyl carbamates (subject to hydrolysis) is 1. The Morgan fingerprint density at radius 2 is 1.57 bits per heavy atom. The summed E-state index contributed by atoms with van der Waals surface area (Å²) >= 11 is 0. The smallest absolute Gasteiger partial charge is 0.416 e. The maximum absolute atomic E-state index is 13.2. The molecule has 198 valence electrons. The Morgan fingerprint density at radius 3 is 2.14 bits per heavy atom. The number of rotatable bonds is 6. The number of ether oxygens (including phenoxy) is 1. The summed E-state index contributed by atoms with van der Waals surface area (Å²) < 4.78 is 84.2. The van der Waals surface area contributed by atoms with Crippen LogP contribution in [0.1, 0.15) is 43.0 Å². The van der Waals surface area contributed by atoms with E-state index in [4.69, 9.17) is 4.74 Å². The molecule has 3 aromatic rings. The molecule has 1 aromatic heterocycles. The third kappa shape index (κ3) is 7.61. The van der Waals surface area contributed by atoms with Crippen molar-refractivity contribution >= 4 is 28.9 Å². The average molecular weight is 526 g/mol. The molecule has 0 aliphatic heterocycles. The van der Waals surface area contributed by atoms with Crippen LogP contribution in [0.15, 0.2) is 54.7 Å². The number of alkyl halides is 6. The molecular weight excluding hydrogens is 502 g/mol. The van der Waals surface area contributed by atoms with Gasteiger partial charge in [0.1, 0.15) is 5.60 Å². The highest BCUT2D eigenvalue weighted by Crippen LogP contribution is 2.36. The fourth-order valence-corrected chi connectivity index (χ4v) is 3.56. The molecule has 37 heavy (non-hydrogen) atoms. The normalized spacial score (nSPS) is 13.6. The Hall–Kier alpha value is -3.76. The van der Waals surface area contributed by atoms with Gasteiger partial charge in [0.15, 0.2) is 5.78 Å². The highest BCUT2D eigenvalue weighted by Gasteiger charge is 2.36. The minimum atomic E-state index is -5.02. The van der Waals surface area contributed by atoms with Crippen molar-refractivity contribution in [3.05, 3.63) is 77.0 Å². The Kier molecular flexibility index (Phi) is 7.75. The van der Waals surface area contributed by atoms with Gasteiger partial charge in [0.25, 0.3) is 0 Å². The first kappa shape index (κ1) is 27.8. The minimum Gasteiger partial charge on any atom is -0.444 e. The second-order valence-corrected chi connectivity index (χ2v) is 9.34. The van der Waals surface area contributed by atoms with E-state index >= 15 is 0 Å². The molecule has 0 radical (unpaired) electrons. The number of halogens is 6. The van der Waals surface area contributed by atoms with E-state index in [1.54, 1.807) is 45.2 Å². The van der Waals surface area contributed by atoms with Crippen LogP contribution in [-0.2, 0) is 28.3 Å². The molecule has 2 aromatic carbocycles. The Labute approximate surface area is 208 Å². The van der Waals surface area contributed by atoms with Gasteiger partial charge in [-0.15, -0.1) is 0 Å². The Morgan fingerprint density at radius 1 is 0.973 bits per heavy atom. The predicted octanol–water partition coefficient (Wildman–Crippen LogP) is 6.92. The predicted molar refractivity (Wildman–Crippen MR) is 126 cm³/mol. The molecule has 11 heteroatoms. The number of hydrogen-bond acceptors (Lipinski definition) is 3. The summed E-state index contributed by atoms with van der Waals surface area (Å²) in [5, 5.41) is 3.23. The lowest BCUT2D eigenvalue weighted by atomic mass is 10.00. The van der Waals surface area contributed by atoms with Crippen molar-refractivity contribution in [2.75, 3.05) is 0 Å². The second-order valence-electron chi connectivity index (χ2n) is 9.34. The summed E-state index contributed by atoms with van der Waals surface area (Å²) in [4.78, 5) is 28.5. The molecule has 0 spiro atoms. The van der Waals surface area contributed by atoms with E-state index in [0.29, 0.717) is 17.7 Å². The first-order chi connectivity index (χ1) is 17.0. The fourth-order valence-electron chi connectivity index (χ4n) is 3.56. The van der Waals surface area contributed by atoms with Crippen molar-refractivity contribution in [3.63, 3.8) is 0 Å². The second kappa shape index (κ2) is 10.3. The van der Waals surface area contributed by atoms with E-state index in [1.807, 2.05) is 6.07 Å². The van der Waals surface area contributed by atoms with Crippen LogP contribution in [0, 0.1) is 0 Å². The van der Waals surface area contributed by atoms with Crippen LogP contribution in [0.5, 0.6) is 0 Å². The standard InChI is InChI=1S/C26H24F6N2O3/c1-24(2,3)37-23(36)34-21(12-16-14-33-20-7-5-4-6-19(16)20)22(35)9-8-15-10-17(25(27,28)29)13-18(11-15)26(30,31)32/h4-11,13-14,21,33H,12H2,1-3H3,(H,34,36). The number of carbonyl (C=O) groups is 2. The Bertz CT molecular complexity index is 1280. The van der Waals surface area contributed by atoms with Crippen molar-refractivity contribution in [2.24, 2.45) is 0 Å². The number of carbonyl (C=O) groups excluding carboxylic acids is 2. The summed E-state index contributed by atoms with van der Waals surface area (Å²) in [6.45, 7) is 4.86. The lowest BCUT2D eigenvalue weighted by molar-refractivity contribution is -0.143. The van der Waals surface area contributed by atoms with Crippen molar-refractivity contribution < 1.29 is 40.7 Å². The zero-order chi connectivity index (χ0) is 27.6. The number of H-pyrrole nitrogens is 1. The van der Waals surface area contributed by atoms with Crippen LogP contribution < -0.4 is 5.32 Å². The minimum absolute atomic E-state index is 0.00301. The summed E-state index contributed by atoms with van der Waals surface area (Å²) in [5.74, 6) is -0.748. The quantitative estimate of drug-likeness (QED) is 0.271. The van der Waals surface area contributed by atoms with Crippen LogP contribution in [-0.4, -0.2) is 28.5 Å². The van der Waals surface area contributed by atoms with Gasteiger partial charge in [0.2, 0.25) is 0 Å². The molecular formula is C26H24F6N2O3. The summed E-state index contributed by atoms with van der Waals surface area (Å²) in [7, 11) is 0. The maximum atomic E-state index is 13.2. The molecule has 0 aliphatic rings. The van der Waals surface area contributed by atoms with Crippen molar-refractivity contribution in [1.82, 2.24) is 10.3 Å². The first-order valence-electron chi connectivity index (χ1n) is 11.1. The molecule has 5 nitrogen and oxygen atoms in total. The molecule has 0 aliphatic carbocycles. The SMILES string of the molecule is CC(C)(C)OC(=O)NC(Cc1c[nH]c2ccccc12)C(=O)C=Cc1cc(C(F)(F)F)cc(C(F)(F)F)c1. The van der Waals surface area contributed by atoms with E-state index in [1.165, 1.54) is 0 Å². The van der Waals surface area contributed by atoms with Gasteiger partial charge in [-0.25, -0.2) is 4.79 Å². The molecule has 2 N–H and O–H groups in total. The third-order valence-electron chi connectivity index (χ3n) is 5.18. The third-order valence-corrected chi connectivity index (χ3v) is 5.18. The van der Waals surface area contributed by atoms with Crippen molar-refractivity contribution in [3.8, 4) is 0 Å². The van der Waals surface area contributed by atoms with Gasteiger partial charge in [0.05, 0.1) is 17.2 Å². The molecule has 0 saturated heterocycles. The van der Waals surface area contributed by atoms with Crippen LogP contribution >= 0.6 is 0 Å². The van der Waals surface area contributed by atoms with Crippen molar-refractivity contribution in [2.45, 2.75) is 51.2 Å². The van der Waals surface area contributed by atoms with E-state index < -0.39 is 52.6 Å². The molecule has 0 bridgehead atoms. The zero-order valence-corrected chi connectivity index (χ0v) is 20.1. The number of benzene rings is 2. The molecule has 3 rings (SSSR count). The molecule has 1 heterocycles. The topological polar surface area (TPSA) is 71.2 Å². The maximum Gasteiger partial charge on any atom is 0.416 e. The molecule has 1 unspecified atom stereocenters. The molecule has 0 fully saturated rings. The number of fused-ring (bicyclic) bond motifs is 1. The highest BCUT2D eigenvalue weighted by molar-refractivity contribution is 5.99. The van der Waals surface area contributed by atoms with E-state index in [9.17, 15) is 35.9 Å². The van der Waals surface area contributed by atoms with E-state index in [2.05, 4.69) is 10.3 Å². The molecule has 1 atom stereocenters. The summed E-state index contributed by atoms with van der Waals surface area (Å²) in [5.41, 5.74) is -2.91. The number of aromatic nitrogens is 1. The lowest BCUT2D eigenvalue weighted by Gasteiger charge is -2.22. The number of ketones is 1. The van der Waals surface area contributed by atoms with Crippen LogP contribution in [0.3, 0.4) is 0 Å². The van der Waals surface area contributed by atoms with Gasteiger partial charge in [-0.05, 0) is 62.2 Å². The molecule has 1 amide bonds. The lowest BCUT2D eigenvalue weighted by Crippen LogP contribution is -2.44. The largest absolute Gasteiger partial charge is 0.444 e. The summed E-state index contributed by atoms with van der Waals surface area (Å²) in [6.07, 6.45) is -7.62. The number of aromatic amines is 1. The van der Waals surface area contributed by atoms with E-state index in [0.717, 1.165) is 23.1 Å². The van der Waals surface area contributed by atoms with E-state index in [-0.39, 0.29) is 12.5 Å². The number of amides is 1. The van der Waals surface area contributed by atoms with Gasteiger partial charge in [0, 0.05) is 23.5 Å². The van der Waals surface area contributed by atoms with Crippen LogP contribution in [0.4, 0.5) is 31.1 Å². The highest BCUT2D eigenvalue weighted by atomic mass is 19.4. The monoisotopic (exact) mass is 526 g/mol. The van der Waals surface area contributed by atoms with Crippen LogP contribution in [0.25, 0.3) is 17.0 Å². The Balaban J connectivity index is 1.93. The molecule has 0 saturated carbocycles. The van der Waals surface area contributed by atoms with Gasteiger partial charge in [-0.3, -0.25) is 4.79 Å². The van der Waals surface area contributed by atoms with Gasteiger partial charge in [-0.1, -0.05) is 24.3 Å². The number of nitrogens with one attached hydrogen (secondary N) is 2. The number of para-hydroxylation sites is 1. The number of hydrogen-bond donors (Lipinski definition) is 2. The van der Waals surface area contributed by atoms with Crippen molar-refractivity contribution in [1.29, 1.82) is 0 Å². The fraction of sp³-hybridized carbons (Fsp3) is 0.308. The van der Waals surface area contributed by atoms with Gasteiger partial charge in [-0.2, -0.15) is 26.3 Å². The zero-order valence-electron chi connectivity index (χ0n) is 20.1. The van der Waals surface area contributed by atoms with Crippen LogP contribution in [0.2, 0.25) is 0 Å².